The number of guanidine groups is 1. The van der Waals surface area contributed by atoms with Crippen LogP contribution in [0.25, 0.3) is 5.65 Å². The van der Waals surface area contributed by atoms with Gasteiger partial charge in [0.25, 0.3) is 0 Å². The highest BCUT2D eigenvalue weighted by Crippen LogP contribution is 2.07. The molecule has 1 N–H and O–H groups in total. The van der Waals surface area contributed by atoms with Gasteiger partial charge in [0.2, 0.25) is 0 Å². The highest BCUT2D eigenvalue weighted by atomic mass is 19.1. The van der Waals surface area contributed by atoms with Crippen molar-refractivity contribution < 1.29 is 4.39 Å². The van der Waals surface area contributed by atoms with Crippen molar-refractivity contribution >= 4 is 11.6 Å². The van der Waals surface area contributed by atoms with Gasteiger partial charge in [-0.1, -0.05) is 18.2 Å². The molecule has 0 amide bonds. The van der Waals surface area contributed by atoms with Crippen LogP contribution < -0.4 is 5.32 Å². The van der Waals surface area contributed by atoms with Gasteiger partial charge in [-0.05, 0) is 43.2 Å². The van der Waals surface area contributed by atoms with E-state index in [-0.39, 0.29) is 5.82 Å². The summed E-state index contributed by atoms with van der Waals surface area (Å²) in [5, 5.41) is 11.7. The molecule has 0 atom stereocenters. The van der Waals surface area contributed by atoms with Crippen LogP contribution in [0.5, 0.6) is 0 Å². The molecule has 0 unspecified atom stereocenters. The second-order valence-electron chi connectivity index (χ2n) is 6.37. The molecule has 142 valence electrons. The molecule has 0 bridgehead atoms. The van der Waals surface area contributed by atoms with Gasteiger partial charge < -0.3 is 10.2 Å². The summed E-state index contributed by atoms with van der Waals surface area (Å²) in [7, 11) is 1.98. The van der Waals surface area contributed by atoms with E-state index in [9.17, 15) is 4.39 Å². The molecule has 0 spiro atoms. The summed E-state index contributed by atoms with van der Waals surface area (Å²) >= 11 is 0. The van der Waals surface area contributed by atoms with Crippen molar-refractivity contribution in [3.8, 4) is 0 Å². The highest BCUT2D eigenvalue weighted by Gasteiger charge is 2.07. The molecule has 3 rings (SSSR count). The lowest BCUT2D eigenvalue weighted by Gasteiger charge is -2.22. The summed E-state index contributed by atoms with van der Waals surface area (Å²) in [6, 6.07) is 12.4. The molecule has 0 fully saturated rings. The van der Waals surface area contributed by atoms with Crippen LogP contribution in [0.2, 0.25) is 0 Å². The second kappa shape index (κ2) is 9.12. The fraction of sp³-hybridized carbons (Fsp3) is 0.350. The Labute approximate surface area is 158 Å². The first-order chi connectivity index (χ1) is 13.2. The summed E-state index contributed by atoms with van der Waals surface area (Å²) in [4.78, 5) is 6.75. The van der Waals surface area contributed by atoms with Crippen LogP contribution in [-0.4, -0.2) is 45.6 Å². The number of benzene rings is 1. The molecule has 3 aromatic rings. The number of pyridine rings is 1. The maximum atomic E-state index is 13.1. The van der Waals surface area contributed by atoms with Gasteiger partial charge in [-0.15, -0.1) is 10.2 Å². The molecular formula is C20H25FN6. The van der Waals surface area contributed by atoms with Crippen LogP contribution in [0, 0.1) is 5.82 Å². The van der Waals surface area contributed by atoms with E-state index in [4.69, 9.17) is 4.99 Å². The van der Waals surface area contributed by atoms with Gasteiger partial charge in [-0.2, -0.15) is 0 Å². The predicted octanol–water partition coefficient (Wildman–Crippen LogP) is 2.90. The molecule has 7 heteroatoms. The average Bonchev–Trinajstić information content (AvgIpc) is 3.09. The van der Waals surface area contributed by atoms with Crippen molar-refractivity contribution in [2.75, 3.05) is 20.1 Å². The molecule has 6 nitrogen and oxygen atoms in total. The lowest BCUT2D eigenvalue weighted by molar-refractivity contribution is 0.476. The largest absolute Gasteiger partial charge is 0.357 e. The Morgan fingerprint density at radius 1 is 1.19 bits per heavy atom. The Kier molecular flexibility index (Phi) is 6.35. The third-order valence-electron chi connectivity index (χ3n) is 4.23. The van der Waals surface area contributed by atoms with Gasteiger partial charge >= 0.3 is 0 Å². The van der Waals surface area contributed by atoms with E-state index in [1.165, 1.54) is 12.1 Å². The number of fused-ring (bicyclic) bond motifs is 1. The molecular weight excluding hydrogens is 343 g/mol. The second-order valence-corrected chi connectivity index (χ2v) is 6.37. The van der Waals surface area contributed by atoms with Gasteiger partial charge in [-0.3, -0.25) is 9.39 Å². The van der Waals surface area contributed by atoms with Crippen LogP contribution in [0.15, 0.2) is 53.7 Å². The van der Waals surface area contributed by atoms with Gasteiger partial charge in [0.15, 0.2) is 11.6 Å². The van der Waals surface area contributed by atoms with Crippen LogP contribution in [0.4, 0.5) is 4.39 Å². The lowest BCUT2D eigenvalue weighted by atomic mass is 10.2. The normalized spacial score (nSPS) is 11.7. The first kappa shape index (κ1) is 18.8. The Morgan fingerprint density at radius 3 is 2.78 bits per heavy atom. The molecule has 0 radical (unpaired) electrons. The zero-order valence-electron chi connectivity index (χ0n) is 15.8. The summed E-state index contributed by atoms with van der Waals surface area (Å²) in [6.45, 7) is 4.20. The fourth-order valence-electron chi connectivity index (χ4n) is 2.89. The minimum atomic E-state index is -0.219. The summed E-state index contributed by atoms with van der Waals surface area (Å²) in [5.41, 5.74) is 1.91. The number of aliphatic imine (C=N–C) groups is 1. The van der Waals surface area contributed by atoms with Gasteiger partial charge in [0.05, 0.1) is 0 Å². The Hall–Kier alpha value is -2.96. The number of hydrogen-bond donors (Lipinski definition) is 1. The number of aryl methyl sites for hydroxylation is 1. The Balaban J connectivity index is 1.57. The zero-order valence-corrected chi connectivity index (χ0v) is 15.8. The SMILES string of the molecule is CCNC(=NCCCc1nnc2ccccn12)N(C)Cc1ccc(F)cc1. The van der Waals surface area contributed by atoms with Crippen molar-refractivity contribution in [2.45, 2.75) is 26.3 Å². The topological polar surface area (TPSA) is 57.8 Å². The smallest absolute Gasteiger partial charge is 0.193 e. The third kappa shape index (κ3) is 5.03. The number of nitrogens with zero attached hydrogens (tertiary/aromatic N) is 5. The molecule has 0 saturated carbocycles. The quantitative estimate of drug-likeness (QED) is 0.396. The number of halogens is 1. The first-order valence-electron chi connectivity index (χ1n) is 9.20. The number of aromatic nitrogens is 3. The third-order valence-corrected chi connectivity index (χ3v) is 4.23. The standard InChI is InChI=1S/C20H25FN6/c1-3-22-20(26(2)15-16-9-11-17(21)12-10-16)23-13-6-8-19-25-24-18-7-4-5-14-27(18)19/h4-5,7,9-12,14H,3,6,8,13,15H2,1-2H3,(H,22,23). The maximum Gasteiger partial charge on any atom is 0.193 e. The summed E-state index contributed by atoms with van der Waals surface area (Å²) < 4.78 is 15.1. The van der Waals surface area contributed by atoms with Gasteiger partial charge in [0, 0.05) is 39.3 Å². The predicted molar refractivity (Wildman–Crippen MR) is 105 cm³/mol. The van der Waals surface area contributed by atoms with Crippen LogP contribution in [-0.2, 0) is 13.0 Å². The van der Waals surface area contributed by atoms with Gasteiger partial charge in [-0.25, -0.2) is 4.39 Å². The maximum absolute atomic E-state index is 13.1. The van der Waals surface area contributed by atoms with E-state index in [1.807, 2.05) is 47.7 Å². The zero-order chi connectivity index (χ0) is 19.1. The number of hydrogen-bond acceptors (Lipinski definition) is 3. The van der Waals surface area contributed by atoms with E-state index in [0.29, 0.717) is 13.1 Å². The van der Waals surface area contributed by atoms with E-state index in [1.54, 1.807) is 12.1 Å². The van der Waals surface area contributed by atoms with E-state index >= 15 is 0 Å². The lowest BCUT2D eigenvalue weighted by Crippen LogP contribution is -2.38. The van der Waals surface area contributed by atoms with Crippen LogP contribution >= 0.6 is 0 Å². The molecule has 2 heterocycles. The van der Waals surface area contributed by atoms with Crippen molar-refractivity contribution in [1.29, 1.82) is 0 Å². The van der Waals surface area contributed by atoms with Gasteiger partial charge in [0.1, 0.15) is 11.6 Å². The molecule has 27 heavy (non-hydrogen) atoms. The fourth-order valence-corrected chi connectivity index (χ4v) is 2.89. The summed E-state index contributed by atoms with van der Waals surface area (Å²) in [5.74, 6) is 1.57. The minimum Gasteiger partial charge on any atom is -0.357 e. The summed E-state index contributed by atoms with van der Waals surface area (Å²) in [6.07, 6.45) is 3.68. The Bertz CT molecular complexity index is 887. The van der Waals surface area contributed by atoms with Crippen molar-refractivity contribution in [3.63, 3.8) is 0 Å². The average molecular weight is 368 g/mol. The van der Waals surface area contributed by atoms with Crippen LogP contribution in [0.3, 0.4) is 0 Å². The molecule has 2 aromatic heterocycles. The Morgan fingerprint density at radius 2 is 2.00 bits per heavy atom. The first-order valence-corrected chi connectivity index (χ1v) is 9.20. The van der Waals surface area contributed by atoms with Crippen molar-refractivity contribution in [1.82, 2.24) is 24.8 Å². The minimum absolute atomic E-state index is 0.219. The van der Waals surface area contributed by atoms with Crippen molar-refractivity contribution in [2.24, 2.45) is 4.99 Å². The molecule has 0 saturated heterocycles. The van der Waals surface area contributed by atoms with Crippen LogP contribution in [0.1, 0.15) is 24.7 Å². The molecule has 0 aliphatic rings. The number of nitrogens with one attached hydrogen (secondary N) is 1. The number of rotatable bonds is 7. The molecule has 0 aliphatic carbocycles. The molecule has 1 aromatic carbocycles. The van der Waals surface area contributed by atoms with E-state index < -0.39 is 0 Å². The van der Waals surface area contributed by atoms with E-state index in [0.717, 1.165) is 42.4 Å². The highest BCUT2D eigenvalue weighted by molar-refractivity contribution is 5.79. The molecule has 0 aliphatic heterocycles. The monoisotopic (exact) mass is 368 g/mol. The van der Waals surface area contributed by atoms with Crippen molar-refractivity contribution in [3.05, 3.63) is 65.9 Å². The van der Waals surface area contributed by atoms with E-state index in [2.05, 4.69) is 15.5 Å².